The lowest BCUT2D eigenvalue weighted by Gasteiger charge is -2.22. The predicted octanol–water partition coefficient (Wildman–Crippen LogP) is 0.839. The first-order chi connectivity index (χ1) is 8.16. The molecule has 1 fully saturated rings. The van der Waals surface area contributed by atoms with Gasteiger partial charge in [-0.2, -0.15) is 0 Å². The Kier molecular flexibility index (Phi) is 3.61. The maximum Gasteiger partial charge on any atom is 0.342 e. The van der Waals surface area contributed by atoms with Crippen molar-refractivity contribution in [2.24, 2.45) is 5.92 Å². The Hall–Kier alpha value is -1.59. The van der Waals surface area contributed by atoms with Crippen molar-refractivity contribution < 1.29 is 0 Å². The van der Waals surface area contributed by atoms with Crippen molar-refractivity contribution in [1.82, 2.24) is 15.2 Å². The molecule has 0 aromatic carbocycles. The summed E-state index contributed by atoms with van der Waals surface area (Å²) in [6.45, 7) is 2.18. The summed E-state index contributed by atoms with van der Waals surface area (Å²) in [7, 11) is 0. The first kappa shape index (κ1) is 11.9. The van der Waals surface area contributed by atoms with Gasteiger partial charge in [-0.1, -0.05) is 26.2 Å². The van der Waals surface area contributed by atoms with Crippen LogP contribution in [0.2, 0.25) is 0 Å². The molecule has 0 amide bonds. The van der Waals surface area contributed by atoms with Crippen molar-refractivity contribution in [2.45, 2.75) is 45.1 Å². The Bertz CT molecular complexity index is 479. The van der Waals surface area contributed by atoms with E-state index in [4.69, 9.17) is 0 Å². The van der Waals surface area contributed by atoms with Gasteiger partial charge in [0.15, 0.2) is 0 Å². The van der Waals surface area contributed by atoms with Crippen molar-refractivity contribution in [2.75, 3.05) is 5.32 Å². The van der Waals surface area contributed by atoms with Gasteiger partial charge in [0.25, 0.3) is 5.56 Å². The highest BCUT2D eigenvalue weighted by Crippen LogP contribution is 2.24. The third kappa shape index (κ3) is 2.95. The molecule has 1 aromatic rings. The van der Waals surface area contributed by atoms with Crippen LogP contribution < -0.4 is 16.6 Å². The van der Waals surface area contributed by atoms with E-state index in [0.29, 0.717) is 5.92 Å². The molecule has 17 heavy (non-hydrogen) atoms. The molecular weight excluding hydrogens is 220 g/mol. The van der Waals surface area contributed by atoms with Crippen LogP contribution in [-0.4, -0.2) is 21.2 Å². The van der Waals surface area contributed by atoms with Crippen molar-refractivity contribution in [1.29, 1.82) is 0 Å². The lowest BCUT2D eigenvalue weighted by Crippen LogP contribution is -2.33. The van der Waals surface area contributed by atoms with Gasteiger partial charge in [-0.15, -0.1) is 5.10 Å². The Labute approximate surface area is 98.8 Å². The zero-order chi connectivity index (χ0) is 12.3. The molecular formula is C11H18N4O2. The van der Waals surface area contributed by atoms with Crippen molar-refractivity contribution in [3.8, 4) is 0 Å². The standard InChI is InChI=1S/C11H18N4O2/c1-7-5-3-2-4-6-8(7)12-9-10(16)13-11(17)15-14-9/h7-8H,2-6H2,1H3,(H,12,14)(H2,13,15,16,17). The van der Waals surface area contributed by atoms with E-state index < -0.39 is 11.2 Å². The van der Waals surface area contributed by atoms with Crippen LogP contribution >= 0.6 is 0 Å². The average Bonchev–Trinajstić information content (AvgIpc) is 2.48. The monoisotopic (exact) mass is 238 g/mol. The first-order valence-corrected chi connectivity index (χ1v) is 6.12. The van der Waals surface area contributed by atoms with Gasteiger partial charge in [0.2, 0.25) is 5.82 Å². The van der Waals surface area contributed by atoms with Gasteiger partial charge in [-0.3, -0.25) is 9.78 Å². The maximum atomic E-state index is 11.5. The summed E-state index contributed by atoms with van der Waals surface area (Å²) in [4.78, 5) is 24.5. The summed E-state index contributed by atoms with van der Waals surface area (Å²) in [5, 5.41) is 9.12. The second-order valence-corrected chi connectivity index (χ2v) is 4.72. The molecule has 94 valence electrons. The molecule has 2 unspecified atom stereocenters. The number of rotatable bonds is 2. The summed E-state index contributed by atoms with van der Waals surface area (Å²) in [6.07, 6.45) is 5.87. The third-order valence-electron chi connectivity index (χ3n) is 3.39. The van der Waals surface area contributed by atoms with E-state index in [-0.39, 0.29) is 11.9 Å². The summed E-state index contributed by atoms with van der Waals surface area (Å²) in [5.41, 5.74) is -1.03. The summed E-state index contributed by atoms with van der Waals surface area (Å²) >= 11 is 0. The Morgan fingerprint density at radius 3 is 2.76 bits per heavy atom. The van der Waals surface area contributed by atoms with Crippen LogP contribution in [0.3, 0.4) is 0 Å². The van der Waals surface area contributed by atoms with Gasteiger partial charge in [-0.25, -0.2) is 9.89 Å². The van der Waals surface area contributed by atoms with Crippen LogP contribution in [0.25, 0.3) is 0 Å². The number of aromatic amines is 2. The summed E-state index contributed by atoms with van der Waals surface area (Å²) in [5.74, 6) is 0.731. The van der Waals surface area contributed by atoms with Gasteiger partial charge < -0.3 is 5.32 Å². The van der Waals surface area contributed by atoms with E-state index in [9.17, 15) is 9.59 Å². The van der Waals surface area contributed by atoms with Crippen LogP contribution in [0, 0.1) is 5.92 Å². The molecule has 2 atom stereocenters. The zero-order valence-corrected chi connectivity index (χ0v) is 9.95. The highest BCUT2D eigenvalue weighted by atomic mass is 16.2. The van der Waals surface area contributed by atoms with Gasteiger partial charge in [-0.05, 0) is 18.8 Å². The third-order valence-corrected chi connectivity index (χ3v) is 3.39. The van der Waals surface area contributed by atoms with E-state index >= 15 is 0 Å². The minimum atomic E-state index is -0.575. The number of hydrogen-bond donors (Lipinski definition) is 3. The minimum Gasteiger partial charge on any atom is -0.361 e. The molecule has 0 radical (unpaired) electrons. The smallest absolute Gasteiger partial charge is 0.342 e. The number of anilines is 1. The fraction of sp³-hybridized carbons (Fsp3) is 0.727. The van der Waals surface area contributed by atoms with E-state index in [1.165, 1.54) is 25.7 Å². The van der Waals surface area contributed by atoms with Crippen LogP contribution in [0.4, 0.5) is 5.82 Å². The molecule has 0 bridgehead atoms. The highest BCUT2D eigenvalue weighted by molar-refractivity contribution is 5.30. The largest absolute Gasteiger partial charge is 0.361 e. The van der Waals surface area contributed by atoms with Crippen molar-refractivity contribution in [3.63, 3.8) is 0 Å². The number of hydrogen-bond acceptors (Lipinski definition) is 4. The molecule has 6 heteroatoms. The quantitative estimate of drug-likeness (QED) is 0.666. The first-order valence-electron chi connectivity index (χ1n) is 6.12. The van der Waals surface area contributed by atoms with Crippen LogP contribution in [-0.2, 0) is 0 Å². The molecule has 6 nitrogen and oxygen atoms in total. The molecule has 0 saturated heterocycles. The Morgan fingerprint density at radius 2 is 2.00 bits per heavy atom. The fourth-order valence-corrected chi connectivity index (χ4v) is 2.33. The molecule has 1 aromatic heterocycles. The molecule has 2 rings (SSSR count). The molecule has 0 aliphatic heterocycles. The molecule has 1 saturated carbocycles. The van der Waals surface area contributed by atoms with Crippen LogP contribution in [0.5, 0.6) is 0 Å². The summed E-state index contributed by atoms with van der Waals surface area (Å²) in [6, 6.07) is 0.261. The van der Waals surface area contributed by atoms with E-state index in [1.807, 2.05) is 0 Å². The normalized spacial score (nSPS) is 25.2. The molecule has 0 spiro atoms. The second-order valence-electron chi connectivity index (χ2n) is 4.72. The fourth-order valence-electron chi connectivity index (χ4n) is 2.33. The van der Waals surface area contributed by atoms with Gasteiger partial charge >= 0.3 is 5.69 Å². The second kappa shape index (κ2) is 5.16. The number of H-pyrrole nitrogens is 2. The zero-order valence-electron chi connectivity index (χ0n) is 9.95. The molecule has 1 aliphatic carbocycles. The van der Waals surface area contributed by atoms with Crippen molar-refractivity contribution in [3.05, 3.63) is 20.8 Å². The van der Waals surface area contributed by atoms with Crippen LogP contribution in [0.15, 0.2) is 9.59 Å². The summed E-state index contributed by atoms with van der Waals surface area (Å²) < 4.78 is 0. The highest BCUT2D eigenvalue weighted by Gasteiger charge is 2.20. The lowest BCUT2D eigenvalue weighted by molar-refractivity contribution is 0.454. The van der Waals surface area contributed by atoms with E-state index in [0.717, 1.165) is 6.42 Å². The topological polar surface area (TPSA) is 90.6 Å². The van der Waals surface area contributed by atoms with Crippen molar-refractivity contribution >= 4 is 5.82 Å². The maximum absolute atomic E-state index is 11.5. The lowest BCUT2D eigenvalue weighted by atomic mass is 9.97. The Morgan fingerprint density at radius 1 is 1.24 bits per heavy atom. The number of nitrogens with one attached hydrogen (secondary N) is 3. The molecule has 1 aliphatic rings. The SMILES string of the molecule is CC1CCCCCC1Nc1n[nH]c(=O)[nH]c1=O. The molecule has 1 heterocycles. The molecule has 3 N–H and O–H groups in total. The number of aromatic nitrogens is 3. The Balaban J connectivity index is 2.13. The minimum absolute atomic E-state index is 0.211. The predicted molar refractivity (Wildman–Crippen MR) is 65.1 cm³/mol. The average molecular weight is 238 g/mol. The number of nitrogens with zero attached hydrogens (tertiary/aromatic N) is 1. The van der Waals surface area contributed by atoms with Gasteiger partial charge in [0.05, 0.1) is 0 Å². The van der Waals surface area contributed by atoms with Crippen LogP contribution in [0.1, 0.15) is 39.0 Å². The van der Waals surface area contributed by atoms with E-state index in [1.54, 1.807) is 0 Å². The van der Waals surface area contributed by atoms with Gasteiger partial charge in [0, 0.05) is 6.04 Å². The van der Waals surface area contributed by atoms with E-state index in [2.05, 4.69) is 27.4 Å². The van der Waals surface area contributed by atoms with Gasteiger partial charge in [0.1, 0.15) is 0 Å².